The van der Waals surface area contributed by atoms with E-state index in [0.29, 0.717) is 18.9 Å². The normalized spacial score (nSPS) is 15.1. The summed E-state index contributed by atoms with van der Waals surface area (Å²) in [5, 5.41) is 7.65. The van der Waals surface area contributed by atoms with Gasteiger partial charge in [0, 0.05) is 24.7 Å². The zero-order valence-corrected chi connectivity index (χ0v) is 16.1. The van der Waals surface area contributed by atoms with E-state index in [1.165, 1.54) is 29.5 Å². The highest BCUT2D eigenvalue weighted by Gasteiger charge is 2.28. The molecule has 140 valence electrons. The third-order valence-electron chi connectivity index (χ3n) is 5.35. The van der Waals surface area contributed by atoms with Gasteiger partial charge in [-0.3, -0.25) is 9.48 Å². The molecule has 1 saturated carbocycles. The fourth-order valence-corrected chi connectivity index (χ4v) is 3.37. The smallest absolute Gasteiger partial charge is 0.220 e. The summed E-state index contributed by atoms with van der Waals surface area (Å²) in [7, 11) is 0. The maximum Gasteiger partial charge on any atom is 0.220 e. The third-order valence-corrected chi connectivity index (χ3v) is 5.35. The van der Waals surface area contributed by atoms with Crippen LogP contribution in [0, 0.1) is 26.7 Å². The number of nitrogens with one attached hydrogen (secondary N) is 1. The molecule has 2 aromatic rings. The van der Waals surface area contributed by atoms with E-state index in [1.54, 1.807) is 0 Å². The SMILES string of the molecule is Cc1ccc(Cn2nc(C)c(CCC(=O)NCC(N)C3CC3)c2C)cc1. The van der Waals surface area contributed by atoms with E-state index in [4.69, 9.17) is 5.73 Å². The van der Waals surface area contributed by atoms with Gasteiger partial charge in [0.25, 0.3) is 0 Å². The Bertz CT molecular complexity index is 759. The van der Waals surface area contributed by atoms with Crippen molar-refractivity contribution < 1.29 is 4.79 Å². The van der Waals surface area contributed by atoms with Crippen molar-refractivity contribution in [3.63, 3.8) is 0 Å². The fourth-order valence-electron chi connectivity index (χ4n) is 3.37. The molecule has 0 spiro atoms. The summed E-state index contributed by atoms with van der Waals surface area (Å²) >= 11 is 0. The van der Waals surface area contributed by atoms with E-state index in [1.807, 2.05) is 11.6 Å². The monoisotopic (exact) mass is 354 g/mol. The Hall–Kier alpha value is -2.14. The molecule has 1 fully saturated rings. The minimum absolute atomic E-state index is 0.0752. The number of rotatable bonds is 8. The van der Waals surface area contributed by atoms with Crippen LogP contribution in [-0.2, 0) is 17.8 Å². The predicted molar refractivity (Wildman–Crippen MR) is 104 cm³/mol. The van der Waals surface area contributed by atoms with Gasteiger partial charge in [-0.15, -0.1) is 0 Å². The van der Waals surface area contributed by atoms with E-state index >= 15 is 0 Å². The first-order valence-corrected chi connectivity index (χ1v) is 9.54. The van der Waals surface area contributed by atoms with Gasteiger partial charge in [0.15, 0.2) is 0 Å². The van der Waals surface area contributed by atoms with Crippen LogP contribution in [0.25, 0.3) is 0 Å². The molecular formula is C21H30N4O. The number of aromatic nitrogens is 2. The van der Waals surface area contributed by atoms with Crippen LogP contribution in [0.15, 0.2) is 24.3 Å². The molecule has 1 atom stereocenters. The molecule has 1 heterocycles. The second-order valence-corrected chi connectivity index (χ2v) is 7.60. The van der Waals surface area contributed by atoms with Crippen molar-refractivity contribution in [1.82, 2.24) is 15.1 Å². The molecule has 0 aliphatic heterocycles. The molecule has 0 saturated heterocycles. The maximum atomic E-state index is 12.1. The first-order chi connectivity index (χ1) is 12.4. The van der Waals surface area contributed by atoms with E-state index < -0.39 is 0 Å². The van der Waals surface area contributed by atoms with Gasteiger partial charge in [0.05, 0.1) is 12.2 Å². The van der Waals surface area contributed by atoms with Crippen LogP contribution in [0.4, 0.5) is 0 Å². The number of nitrogens with two attached hydrogens (primary N) is 1. The molecule has 1 amide bonds. The zero-order valence-electron chi connectivity index (χ0n) is 16.1. The number of nitrogens with zero attached hydrogens (tertiary/aromatic N) is 2. The number of carbonyl (C=O) groups excluding carboxylic acids is 1. The lowest BCUT2D eigenvalue weighted by Crippen LogP contribution is -2.38. The van der Waals surface area contributed by atoms with Crippen LogP contribution in [0.1, 0.15) is 47.3 Å². The van der Waals surface area contributed by atoms with Gasteiger partial charge in [-0.25, -0.2) is 0 Å². The van der Waals surface area contributed by atoms with Crippen LogP contribution in [-0.4, -0.2) is 28.3 Å². The number of carbonyl (C=O) groups is 1. The Morgan fingerprint density at radius 1 is 1.27 bits per heavy atom. The Morgan fingerprint density at radius 3 is 2.62 bits per heavy atom. The average molecular weight is 354 g/mol. The molecule has 3 rings (SSSR count). The zero-order chi connectivity index (χ0) is 18.7. The summed E-state index contributed by atoms with van der Waals surface area (Å²) < 4.78 is 2.04. The van der Waals surface area contributed by atoms with Crippen molar-refractivity contribution in [1.29, 1.82) is 0 Å². The Kier molecular flexibility index (Phi) is 5.77. The van der Waals surface area contributed by atoms with Crippen LogP contribution in [0.3, 0.4) is 0 Å². The topological polar surface area (TPSA) is 72.9 Å². The van der Waals surface area contributed by atoms with Crippen LogP contribution in [0.5, 0.6) is 0 Å². The number of hydrogen-bond acceptors (Lipinski definition) is 3. The lowest BCUT2D eigenvalue weighted by Gasteiger charge is -2.11. The second-order valence-electron chi connectivity index (χ2n) is 7.60. The molecule has 1 aromatic heterocycles. The lowest BCUT2D eigenvalue weighted by molar-refractivity contribution is -0.121. The quantitative estimate of drug-likeness (QED) is 0.765. The Balaban J connectivity index is 1.55. The molecule has 1 aromatic carbocycles. The molecular weight excluding hydrogens is 324 g/mol. The highest BCUT2D eigenvalue weighted by atomic mass is 16.1. The lowest BCUT2D eigenvalue weighted by atomic mass is 10.1. The largest absolute Gasteiger partial charge is 0.355 e. The summed E-state index contributed by atoms with van der Waals surface area (Å²) in [6.07, 6.45) is 3.61. The van der Waals surface area contributed by atoms with Gasteiger partial charge < -0.3 is 11.1 Å². The number of hydrogen-bond donors (Lipinski definition) is 2. The fraction of sp³-hybridized carbons (Fsp3) is 0.524. The van der Waals surface area contributed by atoms with E-state index in [9.17, 15) is 4.79 Å². The highest BCUT2D eigenvalue weighted by Crippen LogP contribution is 2.31. The van der Waals surface area contributed by atoms with Crippen molar-refractivity contribution in [2.24, 2.45) is 11.7 Å². The van der Waals surface area contributed by atoms with Gasteiger partial charge >= 0.3 is 0 Å². The maximum absolute atomic E-state index is 12.1. The Labute approximate surface area is 156 Å². The van der Waals surface area contributed by atoms with Crippen LogP contribution in [0.2, 0.25) is 0 Å². The molecule has 1 aliphatic rings. The van der Waals surface area contributed by atoms with Crippen molar-refractivity contribution in [3.05, 3.63) is 52.3 Å². The number of amides is 1. The first kappa shape index (κ1) is 18.6. The van der Waals surface area contributed by atoms with Gasteiger partial charge in [0.2, 0.25) is 5.91 Å². The van der Waals surface area contributed by atoms with Crippen molar-refractivity contribution >= 4 is 5.91 Å². The van der Waals surface area contributed by atoms with Gasteiger partial charge in [-0.05, 0) is 57.1 Å². The summed E-state index contributed by atoms with van der Waals surface area (Å²) in [4.78, 5) is 12.1. The summed E-state index contributed by atoms with van der Waals surface area (Å²) in [5.74, 6) is 0.686. The van der Waals surface area contributed by atoms with Crippen molar-refractivity contribution in [2.75, 3.05) is 6.54 Å². The summed E-state index contributed by atoms with van der Waals surface area (Å²) in [5.41, 5.74) is 11.9. The van der Waals surface area contributed by atoms with Gasteiger partial charge in [-0.2, -0.15) is 5.10 Å². The first-order valence-electron chi connectivity index (χ1n) is 9.54. The minimum atomic E-state index is 0.0752. The van der Waals surface area contributed by atoms with E-state index in [2.05, 4.69) is 48.5 Å². The van der Waals surface area contributed by atoms with E-state index in [0.717, 1.165) is 24.4 Å². The summed E-state index contributed by atoms with van der Waals surface area (Å²) in [6.45, 7) is 7.55. The summed E-state index contributed by atoms with van der Waals surface area (Å²) in [6, 6.07) is 8.64. The molecule has 0 radical (unpaired) electrons. The predicted octanol–water partition coefficient (Wildman–Crippen LogP) is 2.64. The van der Waals surface area contributed by atoms with E-state index in [-0.39, 0.29) is 11.9 Å². The van der Waals surface area contributed by atoms with Gasteiger partial charge in [-0.1, -0.05) is 29.8 Å². The second kappa shape index (κ2) is 8.04. The molecule has 3 N–H and O–H groups in total. The third kappa shape index (κ3) is 4.73. The standard InChI is InChI=1S/C21H30N4O/c1-14-4-6-17(7-5-14)13-25-16(3)19(15(2)24-25)10-11-21(26)23-12-20(22)18-8-9-18/h4-7,18,20H,8-13,22H2,1-3H3,(H,23,26). The van der Waals surface area contributed by atoms with Crippen molar-refractivity contribution in [2.45, 2.75) is 59.0 Å². The van der Waals surface area contributed by atoms with Crippen LogP contribution < -0.4 is 11.1 Å². The number of benzene rings is 1. The molecule has 5 heteroatoms. The van der Waals surface area contributed by atoms with Crippen molar-refractivity contribution in [3.8, 4) is 0 Å². The average Bonchev–Trinajstić information content (AvgIpc) is 3.42. The molecule has 0 bridgehead atoms. The molecule has 5 nitrogen and oxygen atoms in total. The number of aryl methyl sites for hydroxylation is 2. The molecule has 1 unspecified atom stereocenters. The minimum Gasteiger partial charge on any atom is -0.355 e. The van der Waals surface area contributed by atoms with Gasteiger partial charge in [0.1, 0.15) is 0 Å². The molecule has 1 aliphatic carbocycles. The molecule has 26 heavy (non-hydrogen) atoms. The Morgan fingerprint density at radius 2 is 1.96 bits per heavy atom. The highest BCUT2D eigenvalue weighted by molar-refractivity contribution is 5.76. The van der Waals surface area contributed by atoms with Crippen LogP contribution >= 0.6 is 0 Å².